The minimum atomic E-state index is 0.367. The van der Waals surface area contributed by atoms with Gasteiger partial charge >= 0.3 is 0 Å². The zero-order chi connectivity index (χ0) is 13.3. The first-order valence-corrected chi connectivity index (χ1v) is 6.53. The van der Waals surface area contributed by atoms with E-state index in [0.717, 1.165) is 17.3 Å². The van der Waals surface area contributed by atoms with Crippen LogP contribution in [-0.2, 0) is 0 Å². The highest BCUT2D eigenvalue weighted by atomic mass is 15.3. The lowest BCUT2D eigenvalue weighted by molar-refractivity contribution is 0.709. The van der Waals surface area contributed by atoms with Crippen LogP contribution >= 0.6 is 0 Å². The molecule has 18 heavy (non-hydrogen) atoms. The molecule has 0 aliphatic heterocycles. The molecule has 0 saturated carbocycles. The molecule has 3 heteroatoms. The highest BCUT2D eigenvalue weighted by molar-refractivity contribution is 5.37. The lowest BCUT2D eigenvalue weighted by Gasteiger charge is -2.14. The largest absolute Gasteiger partial charge is 0.283 e. The number of aryl methyl sites for hydroxylation is 1. The van der Waals surface area contributed by atoms with E-state index in [1.165, 1.54) is 5.56 Å². The summed E-state index contributed by atoms with van der Waals surface area (Å²) >= 11 is 0. The van der Waals surface area contributed by atoms with E-state index in [9.17, 15) is 0 Å². The lowest BCUT2D eigenvalue weighted by Crippen LogP contribution is -2.08. The van der Waals surface area contributed by atoms with Crippen LogP contribution in [0, 0.1) is 6.92 Å². The molecule has 0 bridgehead atoms. The number of hydrogen-bond acceptors (Lipinski definition) is 2. The second-order valence-electron chi connectivity index (χ2n) is 5.40. The van der Waals surface area contributed by atoms with Crippen LogP contribution in [0.2, 0.25) is 0 Å². The van der Waals surface area contributed by atoms with Gasteiger partial charge in [-0.3, -0.25) is 4.57 Å². The molecule has 0 amide bonds. The topological polar surface area (TPSA) is 30.7 Å². The van der Waals surface area contributed by atoms with Crippen molar-refractivity contribution in [1.82, 2.24) is 14.8 Å². The van der Waals surface area contributed by atoms with Gasteiger partial charge in [0, 0.05) is 17.5 Å². The van der Waals surface area contributed by atoms with E-state index in [1.54, 1.807) is 0 Å². The predicted octanol–water partition coefficient (Wildman–Crippen LogP) is 3.82. The summed E-state index contributed by atoms with van der Waals surface area (Å²) in [5, 5.41) is 8.70. The summed E-state index contributed by atoms with van der Waals surface area (Å²) in [5.41, 5.74) is 2.42. The Labute approximate surface area is 109 Å². The molecule has 3 nitrogen and oxygen atoms in total. The SMILES string of the molecule is Cc1ccc(-n2c(C(C)C)nnc2C(C)C)cc1. The molecule has 0 spiro atoms. The van der Waals surface area contributed by atoms with Crippen LogP contribution in [0.25, 0.3) is 5.69 Å². The van der Waals surface area contributed by atoms with Gasteiger partial charge in [0.15, 0.2) is 0 Å². The predicted molar refractivity (Wildman–Crippen MR) is 74.3 cm³/mol. The Morgan fingerprint density at radius 1 is 0.833 bits per heavy atom. The first-order chi connectivity index (χ1) is 8.50. The van der Waals surface area contributed by atoms with Gasteiger partial charge in [0.05, 0.1) is 0 Å². The lowest BCUT2D eigenvalue weighted by atomic mass is 10.1. The molecule has 96 valence electrons. The van der Waals surface area contributed by atoms with E-state index in [4.69, 9.17) is 0 Å². The van der Waals surface area contributed by atoms with Crippen molar-refractivity contribution < 1.29 is 0 Å². The second kappa shape index (κ2) is 4.92. The Morgan fingerprint density at radius 3 is 1.67 bits per heavy atom. The average molecular weight is 243 g/mol. The number of benzene rings is 1. The van der Waals surface area contributed by atoms with E-state index in [2.05, 4.69) is 73.6 Å². The van der Waals surface area contributed by atoms with Crippen LogP contribution in [0.3, 0.4) is 0 Å². The molecular formula is C15H21N3. The number of nitrogens with zero attached hydrogens (tertiary/aromatic N) is 3. The minimum Gasteiger partial charge on any atom is -0.283 e. The van der Waals surface area contributed by atoms with Crippen molar-refractivity contribution in [3.63, 3.8) is 0 Å². The van der Waals surface area contributed by atoms with Crippen LogP contribution in [0.15, 0.2) is 24.3 Å². The van der Waals surface area contributed by atoms with Crippen molar-refractivity contribution in [3.8, 4) is 5.69 Å². The molecule has 0 unspecified atom stereocenters. The molecule has 0 N–H and O–H groups in total. The number of aromatic nitrogens is 3. The molecular weight excluding hydrogens is 222 g/mol. The van der Waals surface area contributed by atoms with Crippen molar-refractivity contribution in [3.05, 3.63) is 41.5 Å². The monoisotopic (exact) mass is 243 g/mol. The molecule has 1 heterocycles. The van der Waals surface area contributed by atoms with Crippen molar-refractivity contribution >= 4 is 0 Å². The fourth-order valence-corrected chi connectivity index (χ4v) is 2.01. The maximum atomic E-state index is 4.35. The van der Waals surface area contributed by atoms with Crippen molar-refractivity contribution in [2.45, 2.75) is 46.5 Å². The summed E-state index contributed by atoms with van der Waals surface area (Å²) in [6, 6.07) is 8.53. The maximum absolute atomic E-state index is 4.35. The Bertz CT molecular complexity index is 496. The molecule has 0 atom stereocenters. The zero-order valence-corrected chi connectivity index (χ0v) is 11.8. The van der Waals surface area contributed by atoms with Crippen molar-refractivity contribution in [1.29, 1.82) is 0 Å². The Hall–Kier alpha value is -1.64. The van der Waals surface area contributed by atoms with Crippen LogP contribution < -0.4 is 0 Å². The number of rotatable bonds is 3. The molecule has 0 fully saturated rings. The first kappa shape index (κ1) is 12.8. The molecule has 0 aliphatic carbocycles. The Kier molecular flexibility index (Phi) is 3.50. The highest BCUT2D eigenvalue weighted by Gasteiger charge is 2.18. The Balaban J connectivity index is 2.59. The van der Waals surface area contributed by atoms with Gasteiger partial charge in [0.25, 0.3) is 0 Å². The van der Waals surface area contributed by atoms with Gasteiger partial charge in [0.1, 0.15) is 11.6 Å². The standard InChI is InChI=1S/C15H21N3/c1-10(2)14-16-17-15(11(3)4)18(14)13-8-6-12(5)7-9-13/h6-11H,1-5H3. The normalized spacial score (nSPS) is 11.5. The summed E-state index contributed by atoms with van der Waals surface area (Å²) < 4.78 is 2.19. The van der Waals surface area contributed by atoms with Gasteiger partial charge in [-0.2, -0.15) is 0 Å². The second-order valence-corrected chi connectivity index (χ2v) is 5.40. The van der Waals surface area contributed by atoms with E-state index >= 15 is 0 Å². The third-order valence-corrected chi connectivity index (χ3v) is 3.04. The van der Waals surface area contributed by atoms with Crippen molar-refractivity contribution in [2.75, 3.05) is 0 Å². The molecule has 0 saturated heterocycles. The van der Waals surface area contributed by atoms with Gasteiger partial charge in [-0.1, -0.05) is 45.4 Å². The van der Waals surface area contributed by atoms with Crippen LogP contribution in [-0.4, -0.2) is 14.8 Å². The van der Waals surface area contributed by atoms with E-state index < -0.39 is 0 Å². The summed E-state index contributed by atoms with van der Waals surface area (Å²) in [7, 11) is 0. The number of hydrogen-bond donors (Lipinski definition) is 0. The van der Waals surface area contributed by atoms with Crippen LogP contribution in [0.4, 0.5) is 0 Å². The average Bonchev–Trinajstić information content (AvgIpc) is 2.74. The first-order valence-electron chi connectivity index (χ1n) is 6.53. The summed E-state index contributed by atoms with van der Waals surface area (Å²) in [5.74, 6) is 2.79. The van der Waals surface area contributed by atoms with Gasteiger partial charge in [0.2, 0.25) is 0 Å². The quantitative estimate of drug-likeness (QED) is 0.820. The molecule has 1 aromatic heterocycles. The molecule has 2 rings (SSSR count). The molecule has 2 aromatic rings. The van der Waals surface area contributed by atoms with Crippen LogP contribution in [0.1, 0.15) is 56.7 Å². The third kappa shape index (κ3) is 2.30. The van der Waals surface area contributed by atoms with Gasteiger partial charge in [-0.25, -0.2) is 0 Å². The fourth-order valence-electron chi connectivity index (χ4n) is 2.01. The molecule has 1 aromatic carbocycles. The fraction of sp³-hybridized carbons (Fsp3) is 0.467. The Morgan fingerprint density at radius 2 is 1.28 bits per heavy atom. The van der Waals surface area contributed by atoms with E-state index in [-0.39, 0.29) is 0 Å². The van der Waals surface area contributed by atoms with E-state index in [1.807, 2.05) is 0 Å². The highest BCUT2D eigenvalue weighted by Crippen LogP contribution is 2.23. The summed E-state index contributed by atoms with van der Waals surface area (Å²) in [6.45, 7) is 10.7. The third-order valence-electron chi connectivity index (χ3n) is 3.04. The summed E-state index contributed by atoms with van der Waals surface area (Å²) in [6.07, 6.45) is 0. The smallest absolute Gasteiger partial charge is 0.140 e. The molecule has 0 aliphatic rings. The minimum absolute atomic E-state index is 0.367. The summed E-state index contributed by atoms with van der Waals surface area (Å²) in [4.78, 5) is 0. The van der Waals surface area contributed by atoms with Crippen LogP contribution in [0.5, 0.6) is 0 Å². The van der Waals surface area contributed by atoms with Gasteiger partial charge in [-0.15, -0.1) is 10.2 Å². The zero-order valence-electron chi connectivity index (χ0n) is 11.8. The van der Waals surface area contributed by atoms with Gasteiger partial charge in [-0.05, 0) is 19.1 Å². The molecule has 0 radical (unpaired) electrons. The van der Waals surface area contributed by atoms with Crippen molar-refractivity contribution in [2.24, 2.45) is 0 Å². The van der Waals surface area contributed by atoms with Gasteiger partial charge < -0.3 is 0 Å². The maximum Gasteiger partial charge on any atom is 0.140 e. The van der Waals surface area contributed by atoms with E-state index in [0.29, 0.717) is 11.8 Å².